The van der Waals surface area contributed by atoms with Gasteiger partial charge in [0.15, 0.2) is 0 Å². The molecule has 16 heavy (non-hydrogen) atoms. The average molecular weight is 233 g/mol. The Hall–Kier alpha value is -1.19. The van der Waals surface area contributed by atoms with Crippen LogP contribution in [-0.4, -0.2) is 10.1 Å². The summed E-state index contributed by atoms with van der Waals surface area (Å²) < 4.78 is 0. The Labute approximate surface area is 99.6 Å². The molecule has 2 rings (SSSR count). The Morgan fingerprint density at radius 3 is 2.88 bits per heavy atom. The molecule has 0 amide bonds. The van der Waals surface area contributed by atoms with Crippen molar-refractivity contribution in [3.8, 4) is 0 Å². The van der Waals surface area contributed by atoms with Crippen molar-refractivity contribution in [1.82, 2.24) is 4.98 Å². The van der Waals surface area contributed by atoms with Gasteiger partial charge in [0.1, 0.15) is 0 Å². The average Bonchev–Trinajstić information content (AvgIpc) is 2.74. The molecule has 1 aromatic heterocycles. The van der Waals surface area contributed by atoms with E-state index in [-0.39, 0.29) is 0 Å². The molecule has 1 atom stereocenters. The Morgan fingerprint density at radius 1 is 1.38 bits per heavy atom. The molecule has 0 fully saturated rings. The fourth-order valence-electron chi connectivity index (χ4n) is 1.75. The lowest BCUT2D eigenvalue weighted by atomic mass is 9.99. The topological polar surface area (TPSA) is 33.1 Å². The molecule has 3 heteroatoms. The minimum absolute atomic E-state index is 0.453. The third-order valence-corrected chi connectivity index (χ3v) is 3.45. The Balaban J connectivity index is 2.20. The van der Waals surface area contributed by atoms with Crippen LogP contribution in [0.1, 0.15) is 27.8 Å². The minimum atomic E-state index is -0.453. The van der Waals surface area contributed by atoms with Gasteiger partial charge in [-0.15, -0.1) is 11.3 Å². The predicted octanol–water partition coefficient (Wildman–Crippen LogP) is 3.04. The molecule has 0 aliphatic carbocycles. The Kier molecular flexibility index (Phi) is 3.36. The van der Waals surface area contributed by atoms with Crippen molar-refractivity contribution >= 4 is 11.3 Å². The van der Waals surface area contributed by atoms with Crippen LogP contribution < -0.4 is 0 Å². The second kappa shape index (κ2) is 4.76. The number of aryl methyl sites for hydroxylation is 2. The van der Waals surface area contributed by atoms with Gasteiger partial charge in [0.25, 0.3) is 0 Å². The molecule has 0 aliphatic heterocycles. The summed E-state index contributed by atoms with van der Waals surface area (Å²) in [6.07, 6.45) is 1.92. The molecular weight excluding hydrogens is 218 g/mol. The maximum atomic E-state index is 10.2. The van der Waals surface area contributed by atoms with E-state index in [1.54, 1.807) is 17.5 Å². The number of aromatic nitrogens is 1. The number of aliphatic hydroxyl groups is 1. The van der Waals surface area contributed by atoms with Gasteiger partial charge >= 0.3 is 0 Å². The lowest BCUT2D eigenvalue weighted by molar-refractivity contribution is 0.177. The zero-order valence-corrected chi connectivity index (χ0v) is 10.3. The first kappa shape index (κ1) is 11.3. The third kappa shape index (κ3) is 2.49. The van der Waals surface area contributed by atoms with Gasteiger partial charge in [-0.1, -0.05) is 23.8 Å². The predicted molar refractivity (Wildman–Crippen MR) is 66.7 cm³/mol. The lowest BCUT2D eigenvalue weighted by Crippen LogP contribution is -2.04. The second-order valence-electron chi connectivity index (χ2n) is 4.01. The molecule has 0 aliphatic rings. The quantitative estimate of drug-likeness (QED) is 0.884. The van der Waals surface area contributed by atoms with E-state index in [9.17, 15) is 5.11 Å². The van der Waals surface area contributed by atoms with Crippen LogP contribution in [0.25, 0.3) is 0 Å². The van der Waals surface area contributed by atoms with E-state index in [0.29, 0.717) is 6.42 Å². The molecule has 2 aromatic rings. The fourth-order valence-corrected chi connectivity index (χ4v) is 2.40. The number of rotatable bonds is 3. The first-order chi connectivity index (χ1) is 7.66. The molecule has 1 N–H and O–H groups in total. The molecule has 0 bridgehead atoms. The van der Waals surface area contributed by atoms with Gasteiger partial charge in [-0.3, -0.25) is 0 Å². The summed E-state index contributed by atoms with van der Waals surface area (Å²) in [5.74, 6) is 0. The van der Waals surface area contributed by atoms with Gasteiger partial charge in [0, 0.05) is 18.0 Å². The van der Waals surface area contributed by atoms with Gasteiger partial charge in [0.2, 0.25) is 0 Å². The van der Waals surface area contributed by atoms with Crippen LogP contribution in [0.4, 0.5) is 0 Å². The van der Waals surface area contributed by atoms with Gasteiger partial charge in [0.05, 0.1) is 11.1 Å². The summed E-state index contributed by atoms with van der Waals surface area (Å²) in [6, 6.07) is 6.16. The molecule has 0 radical (unpaired) electrons. The van der Waals surface area contributed by atoms with Crippen molar-refractivity contribution in [3.05, 3.63) is 51.5 Å². The van der Waals surface area contributed by atoms with Crippen LogP contribution in [0.5, 0.6) is 0 Å². The highest BCUT2D eigenvalue weighted by atomic mass is 32.1. The molecule has 0 saturated heterocycles. The van der Waals surface area contributed by atoms with Gasteiger partial charge in [-0.25, -0.2) is 4.98 Å². The standard InChI is InChI=1S/C13H15NOS/c1-9-3-4-10(2)11(7-9)12(15)8-13-14-5-6-16-13/h3-7,12,15H,8H2,1-2H3. The van der Waals surface area contributed by atoms with E-state index in [1.807, 2.05) is 25.3 Å². The van der Waals surface area contributed by atoms with Crippen LogP contribution in [0.15, 0.2) is 29.8 Å². The molecule has 0 spiro atoms. The maximum Gasteiger partial charge on any atom is 0.0954 e. The maximum absolute atomic E-state index is 10.2. The highest BCUT2D eigenvalue weighted by Gasteiger charge is 2.12. The number of hydrogen-bond acceptors (Lipinski definition) is 3. The minimum Gasteiger partial charge on any atom is -0.388 e. The van der Waals surface area contributed by atoms with Crippen molar-refractivity contribution in [2.24, 2.45) is 0 Å². The van der Waals surface area contributed by atoms with Gasteiger partial charge < -0.3 is 5.11 Å². The molecular formula is C13H15NOS. The summed E-state index contributed by atoms with van der Waals surface area (Å²) in [4.78, 5) is 4.19. The summed E-state index contributed by atoms with van der Waals surface area (Å²) in [6.45, 7) is 4.07. The van der Waals surface area contributed by atoms with Crippen molar-refractivity contribution in [3.63, 3.8) is 0 Å². The zero-order valence-electron chi connectivity index (χ0n) is 9.47. The molecule has 1 unspecified atom stereocenters. The number of thiazole rings is 1. The number of benzene rings is 1. The summed E-state index contributed by atoms with van der Waals surface area (Å²) in [5.41, 5.74) is 3.32. The van der Waals surface area contributed by atoms with Crippen molar-refractivity contribution in [1.29, 1.82) is 0 Å². The lowest BCUT2D eigenvalue weighted by Gasteiger charge is -2.13. The van der Waals surface area contributed by atoms with E-state index in [0.717, 1.165) is 16.1 Å². The summed E-state index contributed by atoms with van der Waals surface area (Å²) >= 11 is 1.58. The van der Waals surface area contributed by atoms with Crippen LogP contribution >= 0.6 is 11.3 Å². The first-order valence-corrected chi connectivity index (χ1v) is 6.18. The van der Waals surface area contributed by atoms with Crippen LogP contribution in [0.3, 0.4) is 0 Å². The molecule has 1 heterocycles. The number of aliphatic hydroxyl groups excluding tert-OH is 1. The van der Waals surface area contributed by atoms with Crippen LogP contribution in [0.2, 0.25) is 0 Å². The van der Waals surface area contributed by atoms with E-state index in [2.05, 4.69) is 17.1 Å². The van der Waals surface area contributed by atoms with Crippen molar-refractivity contribution < 1.29 is 5.11 Å². The summed E-state index contributed by atoms with van der Waals surface area (Å²) in [7, 11) is 0. The Morgan fingerprint density at radius 2 is 2.19 bits per heavy atom. The van der Waals surface area contributed by atoms with E-state index >= 15 is 0 Å². The molecule has 0 saturated carbocycles. The summed E-state index contributed by atoms with van der Waals surface area (Å²) in [5, 5.41) is 13.1. The molecule has 84 valence electrons. The van der Waals surface area contributed by atoms with Crippen LogP contribution in [-0.2, 0) is 6.42 Å². The van der Waals surface area contributed by atoms with Gasteiger partial charge in [-0.05, 0) is 25.0 Å². The smallest absolute Gasteiger partial charge is 0.0954 e. The normalized spacial score (nSPS) is 12.7. The van der Waals surface area contributed by atoms with E-state index in [1.165, 1.54) is 5.56 Å². The van der Waals surface area contributed by atoms with E-state index < -0.39 is 6.10 Å². The molecule has 2 nitrogen and oxygen atoms in total. The van der Waals surface area contributed by atoms with E-state index in [4.69, 9.17) is 0 Å². The highest BCUT2D eigenvalue weighted by molar-refractivity contribution is 7.09. The molecule has 1 aromatic carbocycles. The number of hydrogen-bond donors (Lipinski definition) is 1. The van der Waals surface area contributed by atoms with Crippen LogP contribution in [0, 0.1) is 13.8 Å². The van der Waals surface area contributed by atoms with Gasteiger partial charge in [-0.2, -0.15) is 0 Å². The zero-order chi connectivity index (χ0) is 11.5. The number of nitrogens with zero attached hydrogens (tertiary/aromatic N) is 1. The Bertz CT molecular complexity index is 465. The van der Waals surface area contributed by atoms with Crippen molar-refractivity contribution in [2.45, 2.75) is 26.4 Å². The van der Waals surface area contributed by atoms with Crippen molar-refractivity contribution in [2.75, 3.05) is 0 Å². The largest absolute Gasteiger partial charge is 0.388 e. The highest BCUT2D eigenvalue weighted by Crippen LogP contribution is 2.23. The second-order valence-corrected chi connectivity index (χ2v) is 4.98. The fraction of sp³-hybridized carbons (Fsp3) is 0.308. The first-order valence-electron chi connectivity index (χ1n) is 5.30. The monoisotopic (exact) mass is 233 g/mol. The third-order valence-electron chi connectivity index (χ3n) is 2.65. The SMILES string of the molecule is Cc1ccc(C)c(C(O)Cc2nccs2)c1.